The van der Waals surface area contributed by atoms with Gasteiger partial charge >= 0.3 is 0 Å². The first-order valence-electron chi connectivity index (χ1n) is 8.53. The molecule has 0 saturated heterocycles. The molecule has 1 unspecified atom stereocenters. The summed E-state index contributed by atoms with van der Waals surface area (Å²) in [7, 11) is 7.58. The van der Waals surface area contributed by atoms with Gasteiger partial charge in [-0.3, -0.25) is 0 Å². The number of hydrogen-bond donors (Lipinski definition) is 2. The maximum absolute atomic E-state index is 10.8. The van der Waals surface area contributed by atoms with Crippen molar-refractivity contribution in [1.29, 1.82) is 0 Å². The summed E-state index contributed by atoms with van der Waals surface area (Å²) in [6.45, 7) is 1.01. The van der Waals surface area contributed by atoms with Crippen molar-refractivity contribution in [2.75, 3.05) is 34.9 Å². The van der Waals surface area contributed by atoms with E-state index in [0.29, 0.717) is 11.5 Å². The number of ether oxygens (including phenoxy) is 2. The van der Waals surface area contributed by atoms with E-state index in [0.717, 1.165) is 46.1 Å². The van der Waals surface area contributed by atoms with Gasteiger partial charge in [0.1, 0.15) is 6.04 Å². The van der Waals surface area contributed by atoms with Crippen LogP contribution in [0.4, 0.5) is 0 Å². The Morgan fingerprint density at radius 1 is 1.04 bits per heavy atom. The first kappa shape index (κ1) is 16.1. The van der Waals surface area contributed by atoms with Crippen molar-refractivity contribution in [1.82, 2.24) is 0 Å². The van der Waals surface area contributed by atoms with Crippen LogP contribution in [0.15, 0.2) is 18.2 Å². The molecular weight excluding hydrogens is 318 g/mol. The number of likely N-dealkylation sites (N-methyl/N-ethyl adjacent to an activating group) is 1. The van der Waals surface area contributed by atoms with Crippen molar-refractivity contribution >= 4 is 0 Å². The minimum Gasteiger partial charge on any atom is -0.504 e. The average molecular weight is 342 g/mol. The van der Waals surface area contributed by atoms with Gasteiger partial charge in [0.2, 0.25) is 0 Å². The van der Waals surface area contributed by atoms with Gasteiger partial charge in [-0.2, -0.15) is 0 Å². The Morgan fingerprint density at radius 2 is 1.80 bits per heavy atom. The quantitative estimate of drug-likeness (QED) is 0.824. The normalized spacial score (nSPS) is 19.8. The zero-order valence-corrected chi connectivity index (χ0v) is 15.1. The van der Waals surface area contributed by atoms with E-state index in [1.54, 1.807) is 20.3 Å². The van der Waals surface area contributed by atoms with Gasteiger partial charge in [-0.15, -0.1) is 0 Å². The molecule has 2 aromatic carbocycles. The highest BCUT2D eigenvalue weighted by atomic mass is 16.5. The highest BCUT2D eigenvalue weighted by Gasteiger charge is 2.44. The number of phenols is 2. The minimum absolute atomic E-state index is 0.112. The molecule has 0 saturated carbocycles. The van der Waals surface area contributed by atoms with Crippen LogP contribution in [0, 0.1) is 0 Å². The second-order valence-corrected chi connectivity index (χ2v) is 7.50. The molecule has 2 N–H and O–H groups in total. The molecule has 132 valence electrons. The summed E-state index contributed by atoms with van der Waals surface area (Å²) in [5.74, 6) is 1.09. The standard InChI is InChI=1S/C20H23NO4/c1-21(2)8-7-12-10-14(22)20(25-4)18-16(12)13(21)9-11-5-6-15(24-3)19(23)17(11)18/h5-6,10,13H,7-9H2,1-4H3,(H-,22,23)/p+1. The van der Waals surface area contributed by atoms with Gasteiger partial charge in [-0.1, -0.05) is 6.07 Å². The highest BCUT2D eigenvalue weighted by molar-refractivity contribution is 5.88. The third-order valence-corrected chi connectivity index (χ3v) is 5.83. The topological polar surface area (TPSA) is 58.9 Å². The van der Waals surface area contributed by atoms with E-state index in [1.165, 1.54) is 5.56 Å². The molecular formula is C20H24NO4+. The molecule has 1 aliphatic carbocycles. The summed E-state index contributed by atoms with van der Waals surface area (Å²) in [5, 5.41) is 21.3. The predicted molar refractivity (Wildman–Crippen MR) is 95.4 cm³/mol. The van der Waals surface area contributed by atoms with E-state index in [-0.39, 0.29) is 17.5 Å². The summed E-state index contributed by atoms with van der Waals surface area (Å²) in [4.78, 5) is 0. The Morgan fingerprint density at radius 3 is 2.48 bits per heavy atom. The summed E-state index contributed by atoms with van der Waals surface area (Å²) in [6.07, 6.45) is 1.73. The van der Waals surface area contributed by atoms with Crippen molar-refractivity contribution in [3.8, 4) is 34.1 Å². The van der Waals surface area contributed by atoms with Crippen molar-refractivity contribution in [2.45, 2.75) is 18.9 Å². The summed E-state index contributed by atoms with van der Waals surface area (Å²) in [6, 6.07) is 5.91. The van der Waals surface area contributed by atoms with Crippen LogP contribution in [-0.2, 0) is 12.8 Å². The molecule has 0 radical (unpaired) electrons. The fourth-order valence-electron chi connectivity index (χ4n) is 4.46. The van der Waals surface area contributed by atoms with Gasteiger partial charge in [-0.05, 0) is 23.3 Å². The molecule has 0 spiro atoms. The highest BCUT2D eigenvalue weighted by Crippen LogP contribution is 2.56. The molecule has 0 aromatic heterocycles. The molecule has 0 amide bonds. The Hall–Kier alpha value is -2.40. The van der Waals surface area contributed by atoms with Crippen molar-refractivity contribution in [3.63, 3.8) is 0 Å². The van der Waals surface area contributed by atoms with Crippen LogP contribution in [0.25, 0.3) is 11.1 Å². The van der Waals surface area contributed by atoms with Crippen LogP contribution in [0.1, 0.15) is 22.7 Å². The molecule has 2 aliphatic rings. The number of quaternary nitrogens is 1. The summed E-state index contributed by atoms with van der Waals surface area (Å²) < 4.78 is 11.7. The Bertz CT molecular complexity index is 873. The van der Waals surface area contributed by atoms with Crippen molar-refractivity contribution < 1.29 is 24.2 Å². The van der Waals surface area contributed by atoms with Crippen molar-refractivity contribution in [2.24, 2.45) is 0 Å². The zero-order chi connectivity index (χ0) is 17.9. The number of nitrogens with zero attached hydrogens (tertiary/aromatic N) is 1. The SMILES string of the molecule is COc1ccc2c(c1O)-c1c(OC)c(O)cc3c1C(C2)[N+](C)(C)CC3. The second-order valence-electron chi connectivity index (χ2n) is 7.50. The van der Waals surface area contributed by atoms with Gasteiger partial charge < -0.3 is 24.2 Å². The van der Waals surface area contributed by atoms with Crippen LogP contribution < -0.4 is 9.47 Å². The number of phenolic OH excluding ortho intramolecular Hbond substituents is 2. The third kappa shape index (κ3) is 2.12. The lowest BCUT2D eigenvalue weighted by Gasteiger charge is -2.46. The van der Waals surface area contributed by atoms with E-state index in [1.807, 2.05) is 12.1 Å². The van der Waals surface area contributed by atoms with Crippen LogP contribution in [-0.4, -0.2) is 49.6 Å². The van der Waals surface area contributed by atoms with E-state index in [9.17, 15) is 10.2 Å². The van der Waals surface area contributed by atoms with Crippen LogP contribution in [0.5, 0.6) is 23.0 Å². The number of aromatic hydroxyl groups is 2. The monoisotopic (exact) mass is 342 g/mol. The number of methoxy groups -OCH3 is 2. The van der Waals surface area contributed by atoms with E-state index in [2.05, 4.69) is 14.1 Å². The van der Waals surface area contributed by atoms with Gasteiger partial charge in [0.15, 0.2) is 23.0 Å². The lowest BCUT2D eigenvalue weighted by Crippen LogP contribution is -2.49. The molecule has 0 bridgehead atoms. The maximum Gasteiger partial charge on any atom is 0.168 e. The predicted octanol–water partition coefficient (Wildman–Crippen LogP) is 3.01. The van der Waals surface area contributed by atoms with Crippen LogP contribution >= 0.6 is 0 Å². The molecule has 1 aliphatic heterocycles. The first-order chi connectivity index (χ1) is 11.9. The fourth-order valence-corrected chi connectivity index (χ4v) is 4.46. The number of fused-ring (bicyclic) bond motifs is 2. The summed E-state index contributed by atoms with van der Waals surface area (Å²) in [5.41, 5.74) is 4.91. The van der Waals surface area contributed by atoms with Crippen molar-refractivity contribution in [3.05, 3.63) is 34.9 Å². The molecule has 5 nitrogen and oxygen atoms in total. The largest absolute Gasteiger partial charge is 0.504 e. The molecule has 0 fully saturated rings. The number of hydrogen-bond acceptors (Lipinski definition) is 4. The third-order valence-electron chi connectivity index (χ3n) is 5.83. The lowest BCUT2D eigenvalue weighted by atomic mass is 9.75. The van der Waals surface area contributed by atoms with Gasteiger partial charge in [-0.25, -0.2) is 0 Å². The van der Waals surface area contributed by atoms with Gasteiger partial charge in [0, 0.05) is 29.5 Å². The zero-order valence-electron chi connectivity index (χ0n) is 15.1. The summed E-state index contributed by atoms with van der Waals surface area (Å²) >= 11 is 0. The fraction of sp³-hybridized carbons (Fsp3) is 0.400. The molecule has 2 aromatic rings. The molecule has 1 atom stereocenters. The Kier molecular flexibility index (Phi) is 3.41. The lowest BCUT2D eigenvalue weighted by molar-refractivity contribution is -0.923. The second kappa shape index (κ2) is 5.30. The van der Waals surface area contributed by atoms with E-state index < -0.39 is 0 Å². The smallest absolute Gasteiger partial charge is 0.168 e. The van der Waals surface area contributed by atoms with Crippen LogP contribution in [0.2, 0.25) is 0 Å². The molecule has 25 heavy (non-hydrogen) atoms. The minimum atomic E-state index is 0.112. The first-order valence-corrected chi connectivity index (χ1v) is 8.53. The van der Waals surface area contributed by atoms with E-state index in [4.69, 9.17) is 9.47 Å². The average Bonchev–Trinajstić information content (AvgIpc) is 2.58. The molecule has 5 heteroatoms. The number of rotatable bonds is 2. The number of benzene rings is 2. The van der Waals surface area contributed by atoms with Gasteiger partial charge in [0.25, 0.3) is 0 Å². The molecule has 1 heterocycles. The maximum atomic E-state index is 10.8. The molecule has 4 rings (SSSR count). The Labute approximate surface area is 147 Å². The van der Waals surface area contributed by atoms with Gasteiger partial charge in [0.05, 0.1) is 34.9 Å². The van der Waals surface area contributed by atoms with Crippen LogP contribution in [0.3, 0.4) is 0 Å². The Balaban J connectivity index is 2.12. The van der Waals surface area contributed by atoms with E-state index >= 15 is 0 Å².